The number of rotatable bonds is 12. The van der Waals surface area contributed by atoms with E-state index in [0.29, 0.717) is 48.1 Å². The Morgan fingerprint density at radius 1 is 0.722 bits per heavy atom. The second kappa shape index (κ2) is 12.5. The lowest BCUT2D eigenvalue weighted by Crippen LogP contribution is -2.02. The monoisotopic (exact) mass is 492 g/mol. The van der Waals surface area contributed by atoms with Crippen molar-refractivity contribution in [1.82, 2.24) is 9.97 Å². The molecule has 1 heterocycles. The maximum absolute atomic E-state index is 15.1. The number of halogens is 3. The minimum atomic E-state index is -0.883. The molecule has 0 aliphatic carbocycles. The summed E-state index contributed by atoms with van der Waals surface area (Å²) in [6.45, 7) is 2.87. The average Bonchev–Trinajstić information content (AvgIpc) is 2.89. The number of aromatic nitrogens is 2. The quantitative estimate of drug-likeness (QED) is 0.191. The van der Waals surface area contributed by atoms with E-state index in [1.165, 1.54) is 31.4 Å². The highest BCUT2D eigenvalue weighted by Gasteiger charge is 2.10. The van der Waals surface area contributed by atoms with E-state index in [1.807, 2.05) is 18.2 Å². The zero-order chi connectivity index (χ0) is 25.3. The Morgan fingerprint density at radius 2 is 1.47 bits per heavy atom. The first-order valence-corrected chi connectivity index (χ1v) is 12.6. The molecule has 0 amide bonds. The molecule has 0 radical (unpaired) electrons. The van der Waals surface area contributed by atoms with Crippen LogP contribution in [0.5, 0.6) is 5.75 Å². The minimum Gasteiger partial charge on any atom is -0.490 e. The fraction of sp³-hybridized carbons (Fsp3) is 0.333. The molecule has 0 aliphatic heterocycles. The number of benzene rings is 3. The van der Waals surface area contributed by atoms with Crippen molar-refractivity contribution in [2.45, 2.75) is 58.3 Å². The molecule has 0 saturated carbocycles. The van der Waals surface area contributed by atoms with Gasteiger partial charge in [0.05, 0.1) is 19.0 Å². The molecule has 4 rings (SSSR count). The number of nitrogens with zero attached hydrogens (tertiary/aromatic N) is 2. The van der Waals surface area contributed by atoms with E-state index in [1.54, 1.807) is 24.5 Å². The molecule has 0 bridgehead atoms. The zero-order valence-corrected chi connectivity index (χ0v) is 20.6. The molecule has 3 nitrogen and oxygen atoms in total. The van der Waals surface area contributed by atoms with Crippen LogP contribution in [0.4, 0.5) is 13.2 Å². The van der Waals surface area contributed by atoms with Crippen LogP contribution in [0.25, 0.3) is 10.8 Å². The molecule has 6 heteroatoms. The van der Waals surface area contributed by atoms with Gasteiger partial charge in [0.1, 0.15) is 11.6 Å². The molecule has 3 aromatic carbocycles. The fourth-order valence-electron chi connectivity index (χ4n) is 4.23. The Bertz CT molecular complexity index is 1290. The van der Waals surface area contributed by atoms with Crippen molar-refractivity contribution < 1.29 is 17.9 Å². The predicted octanol–water partition coefficient (Wildman–Crippen LogP) is 7.58. The van der Waals surface area contributed by atoms with Crippen LogP contribution < -0.4 is 4.74 Å². The van der Waals surface area contributed by atoms with E-state index in [0.717, 1.165) is 35.7 Å². The minimum absolute atomic E-state index is 0.268. The summed E-state index contributed by atoms with van der Waals surface area (Å²) in [6, 6.07) is 13.2. The van der Waals surface area contributed by atoms with Crippen LogP contribution >= 0.6 is 0 Å². The van der Waals surface area contributed by atoms with E-state index in [4.69, 9.17) is 4.74 Å². The largest absolute Gasteiger partial charge is 0.490 e. The number of unbranched alkanes of at least 4 members (excludes halogenated alkanes) is 3. The van der Waals surface area contributed by atoms with Crippen LogP contribution in [0.1, 0.15) is 55.1 Å². The normalized spacial score (nSPS) is 11.2. The van der Waals surface area contributed by atoms with Gasteiger partial charge in [-0.1, -0.05) is 62.6 Å². The first-order valence-electron chi connectivity index (χ1n) is 12.6. The molecular formula is C30H31F3N2O. The molecular weight excluding hydrogens is 461 g/mol. The van der Waals surface area contributed by atoms with Gasteiger partial charge in [0.15, 0.2) is 17.4 Å². The van der Waals surface area contributed by atoms with E-state index in [2.05, 4.69) is 16.9 Å². The molecule has 0 aliphatic rings. The lowest BCUT2D eigenvalue weighted by Gasteiger charge is -2.09. The van der Waals surface area contributed by atoms with Crippen molar-refractivity contribution in [2.24, 2.45) is 0 Å². The molecule has 0 unspecified atom stereocenters. The third-order valence-electron chi connectivity index (χ3n) is 6.35. The number of aryl methyl sites for hydroxylation is 4. The number of ether oxygens (including phenoxy) is 1. The summed E-state index contributed by atoms with van der Waals surface area (Å²) in [5.74, 6) is -0.595. The number of hydrogen-bond donors (Lipinski definition) is 0. The van der Waals surface area contributed by atoms with Crippen LogP contribution in [0.2, 0.25) is 0 Å². The first kappa shape index (κ1) is 25.7. The van der Waals surface area contributed by atoms with Gasteiger partial charge >= 0.3 is 0 Å². The molecule has 0 atom stereocenters. The van der Waals surface area contributed by atoms with Gasteiger partial charge in [0, 0.05) is 11.8 Å². The highest BCUT2D eigenvalue weighted by atomic mass is 19.2. The number of fused-ring (bicyclic) bond motifs is 1. The third kappa shape index (κ3) is 6.84. The molecule has 0 fully saturated rings. The fourth-order valence-corrected chi connectivity index (χ4v) is 4.23. The Kier molecular flexibility index (Phi) is 8.93. The molecule has 0 saturated heterocycles. The van der Waals surface area contributed by atoms with Crippen LogP contribution in [0.15, 0.2) is 60.9 Å². The lowest BCUT2D eigenvalue weighted by atomic mass is 9.98. The van der Waals surface area contributed by atoms with Crippen molar-refractivity contribution in [3.8, 4) is 5.75 Å². The summed E-state index contributed by atoms with van der Waals surface area (Å²) in [5.41, 5.74) is 2.27. The summed E-state index contributed by atoms with van der Waals surface area (Å²) >= 11 is 0. The molecule has 36 heavy (non-hydrogen) atoms. The van der Waals surface area contributed by atoms with E-state index < -0.39 is 11.6 Å². The van der Waals surface area contributed by atoms with Crippen molar-refractivity contribution in [3.63, 3.8) is 0 Å². The third-order valence-corrected chi connectivity index (χ3v) is 6.35. The van der Waals surface area contributed by atoms with Crippen LogP contribution in [0, 0.1) is 17.5 Å². The second-order valence-corrected chi connectivity index (χ2v) is 9.09. The Hall–Kier alpha value is -3.41. The van der Waals surface area contributed by atoms with Gasteiger partial charge in [0.2, 0.25) is 0 Å². The summed E-state index contributed by atoms with van der Waals surface area (Å²) in [4.78, 5) is 8.82. The van der Waals surface area contributed by atoms with E-state index in [9.17, 15) is 8.78 Å². The molecule has 4 aromatic rings. The topological polar surface area (TPSA) is 35.0 Å². The maximum atomic E-state index is 15.1. The van der Waals surface area contributed by atoms with Crippen molar-refractivity contribution in [3.05, 3.63) is 101 Å². The Labute approximate surface area is 210 Å². The van der Waals surface area contributed by atoms with Crippen LogP contribution in [-0.2, 0) is 25.7 Å². The summed E-state index contributed by atoms with van der Waals surface area (Å²) in [5, 5.41) is 1.38. The number of hydrogen-bond acceptors (Lipinski definition) is 3. The average molecular weight is 493 g/mol. The summed E-state index contributed by atoms with van der Waals surface area (Å²) < 4.78 is 47.4. The second-order valence-electron chi connectivity index (χ2n) is 9.09. The van der Waals surface area contributed by atoms with Gasteiger partial charge < -0.3 is 4.74 Å². The molecule has 0 N–H and O–H groups in total. The van der Waals surface area contributed by atoms with Crippen molar-refractivity contribution >= 4 is 10.8 Å². The zero-order valence-electron chi connectivity index (χ0n) is 20.6. The molecule has 188 valence electrons. The Balaban J connectivity index is 1.33. The van der Waals surface area contributed by atoms with Crippen LogP contribution in [0.3, 0.4) is 0 Å². The highest BCUT2D eigenvalue weighted by Crippen LogP contribution is 2.24. The summed E-state index contributed by atoms with van der Waals surface area (Å²) in [7, 11) is 0. The van der Waals surface area contributed by atoms with Crippen LogP contribution in [-0.4, -0.2) is 16.6 Å². The highest BCUT2D eigenvalue weighted by molar-refractivity contribution is 5.84. The maximum Gasteiger partial charge on any atom is 0.159 e. The van der Waals surface area contributed by atoms with Crippen molar-refractivity contribution in [1.29, 1.82) is 0 Å². The van der Waals surface area contributed by atoms with Gasteiger partial charge in [-0.3, -0.25) is 0 Å². The summed E-state index contributed by atoms with van der Waals surface area (Å²) in [6.07, 6.45) is 10.3. The van der Waals surface area contributed by atoms with Gasteiger partial charge in [-0.25, -0.2) is 23.1 Å². The van der Waals surface area contributed by atoms with Gasteiger partial charge in [0.25, 0.3) is 0 Å². The Morgan fingerprint density at radius 3 is 2.25 bits per heavy atom. The van der Waals surface area contributed by atoms with E-state index >= 15 is 4.39 Å². The first-order chi connectivity index (χ1) is 17.5. The van der Waals surface area contributed by atoms with Gasteiger partial charge in [-0.15, -0.1) is 0 Å². The predicted molar refractivity (Wildman–Crippen MR) is 137 cm³/mol. The standard InChI is InChI=1S/C30H31F3N2O/c1-2-3-4-5-16-36-25-19-34-29(35-20-25)15-9-21-7-13-26-24(17-21)12-11-23(30(26)33)10-6-22-8-14-27(31)28(32)18-22/h7-8,11-14,17-20H,2-6,9-10,15-16H2,1H3. The molecule has 0 spiro atoms. The molecule has 1 aromatic heterocycles. The van der Waals surface area contributed by atoms with Crippen molar-refractivity contribution in [2.75, 3.05) is 6.61 Å². The van der Waals surface area contributed by atoms with Gasteiger partial charge in [-0.2, -0.15) is 0 Å². The smallest absolute Gasteiger partial charge is 0.159 e. The van der Waals surface area contributed by atoms with E-state index in [-0.39, 0.29) is 5.82 Å². The SMILES string of the molecule is CCCCCCOc1cnc(CCc2ccc3c(F)c(CCc4ccc(F)c(F)c4)ccc3c2)nc1. The van der Waals surface area contributed by atoms with Gasteiger partial charge in [-0.05, 0) is 59.9 Å². The lowest BCUT2D eigenvalue weighted by molar-refractivity contribution is 0.302.